The summed E-state index contributed by atoms with van der Waals surface area (Å²) in [6, 6.07) is 3.34. The van der Waals surface area contributed by atoms with Crippen molar-refractivity contribution in [1.82, 2.24) is 4.98 Å². The van der Waals surface area contributed by atoms with Crippen molar-refractivity contribution in [2.24, 2.45) is 4.40 Å². The zero-order valence-electron chi connectivity index (χ0n) is 13.8. The van der Waals surface area contributed by atoms with Crippen LogP contribution in [-0.4, -0.2) is 32.2 Å². The number of rotatable bonds is 3. The predicted octanol–water partition coefficient (Wildman–Crippen LogP) is 3.31. The first-order valence-corrected chi connectivity index (χ1v) is 8.00. The van der Waals surface area contributed by atoms with E-state index >= 15 is 0 Å². The molecule has 22 heavy (non-hydrogen) atoms. The van der Waals surface area contributed by atoms with Crippen LogP contribution < -0.4 is 5.32 Å². The number of nitrogens with zero attached hydrogens (tertiary/aromatic N) is 2. The fourth-order valence-electron chi connectivity index (χ4n) is 1.27. The van der Waals surface area contributed by atoms with E-state index in [4.69, 9.17) is 4.74 Å². The van der Waals surface area contributed by atoms with Gasteiger partial charge in [-0.2, -0.15) is 0 Å². The van der Waals surface area contributed by atoms with Crippen LogP contribution in [0.25, 0.3) is 0 Å². The minimum atomic E-state index is -1.33. The van der Waals surface area contributed by atoms with Gasteiger partial charge in [0.25, 0.3) is 0 Å². The normalized spacial score (nSPS) is 14.0. The van der Waals surface area contributed by atoms with E-state index in [9.17, 15) is 9.35 Å². The van der Waals surface area contributed by atoms with E-state index < -0.39 is 27.8 Å². The molecule has 1 heterocycles. The van der Waals surface area contributed by atoms with Crippen LogP contribution in [0, 0.1) is 0 Å². The highest BCUT2D eigenvalue weighted by atomic mass is 32.2. The monoisotopic (exact) mass is 325 g/mol. The quantitative estimate of drug-likeness (QED) is 0.682. The van der Waals surface area contributed by atoms with Crippen LogP contribution in [0.5, 0.6) is 0 Å². The van der Waals surface area contributed by atoms with Crippen LogP contribution in [-0.2, 0) is 16.1 Å². The topological polar surface area (TPSA) is 86.6 Å². The molecule has 0 fully saturated rings. The van der Waals surface area contributed by atoms with E-state index in [0.717, 1.165) is 0 Å². The molecule has 122 valence electrons. The molecule has 1 aromatic heterocycles. The Morgan fingerprint density at radius 3 is 2.55 bits per heavy atom. The van der Waals surface area contributed by atoms with E-state index in [1.165, 1.54) is 12.4 Å². The summed E-state index contributed by atoms with van der Waals surface area (Å²) in [5.41, 5.74) is 0.117. The Morgan fingerprint density at radius 2 is 2.00 bits per heavy atom. The lowest BCUT2D eigenvalue weighted by Crippen LogP contribution is -2.27. The maximum atomic E-state index is 11.9. The summed E-state index contributed by atoms with van der Waals surface area (Å²) in [5.74, 6) is 0.347. The lowest BCUT2D eigenvalue weighted by molar-refractivity contribution is 0.0635. The molecular weight excluding hydrogens is 302 g/mol. The SMILES string of the molecule is CC(C)(C)OC(=O)Nc1cc(/C=N\[S+]([O-])C(C)(C)C)ccn1. The molecule has 0 aliphatic carbocycles. The minimum Gasteiger partial charge on any atom is -0.591 e. The molecule has 0 saturated carbocycles. The van der Waals surface area contributed by atoms with Crippen LogP contribution in [0.1, 0.15) is 47.1 Å². The van der Waals surface area contributed by atoms with Crippen molar-refractivity contribution >= 4 is 29.5 Å². The van der Waals surface area contributed by atoms with Crippen molar-refractivity contribution in [3.8, 4) is 0 Å². The zero-order chi connectivity index (χ0) is 17.0. The highest BCUT2D eigenvalue weighted by Gasteiger charge is 2.25. The van der Waals surface area contributed by atoms with Crippen LogP contribution >= 0.6 is 0 Å². The number of anilines is 1. The summed E-state index contributed by atoms with van der Waals surface area (Å²) >= 11 is -1.33. The molecule has 6 nitrogen and oxygen atoms in total. The zero-order valence-corrected chi connectivity index (χ0v) is 14.7. The van der Waals surface area contributed by atoms with Crippen LogP contribution in [0.3, 0.4) is 0 Å². The third kappa shape index (κ3) is 6.91. The summed E-state index contributed by atoms with van der Waals surface area (Å²) < 4.78 is 20.6. The molecule has 0 bridgehead atoms. The number of carbonyl (C=O) groups excluding carboxylic acids is 1. The summed E-state index contributed by atoms with van der Waals surface area (Å²) in [7, 11) is 0. The Kier molecular flexibility index (Phi) is 5.96. The van der Waals surface area contributed by atoms with Gasteiger partial charge in [-0.25, -0.2) is 9.78 Å². The Bertz CT molecular complexity index is 548. The molecule has 1 aromatic rings. The molecular formula is C15H23N3O3S. The van der Waals surface area contributed by atoms with Crippen LogP contribution in [0.4, 0.5) is 10.6 Å². The number of aromatic nitrogens is 1. The van der Waals surface area contributed by atoms with Gasteiger partial charge in [0.1, 0.15) is 27.5 Å². The Balaban J connectivity index is 2.74. The molecule has 1 N–H and O–H groups in total. The van der Waals surface area contributed by atoms with Crippen molar-refractivity contribution in [2.75, 3.05) is 5.32 Å². The van der Waals surface area contributed by atoms with Gasteiger partial charge in [0.15, 0.2) is 0 Å². The molecule has 0 aromatic carbocycles. The number of pyridine rings is 1. The first-order valence-electron chi connectivity index (χ1n) is 6.89. The van der Waals surface area contributed by atoms with Gasteiger partial charge in [0, 0.05) is 11.8 Å². The average molecular weight is 325 g/mol. The molecule has 1 amide bonds. The molecule has 0 radical (unpaired) electrons. The van der Waals surface area contributed by atoms with Crippen molar-refractivity contribution in [1.29, 1.82) is 0 Å². The number of amides is 1. The van der Waals surface area contributed by atoms with Crippen molar-refractivity contribution < 1.29 is 14.1 Å². The maximum Gasteiger partial charge on any atom is 0.413 e. The first-order chi connectivity index (χ1) is 9.97. The van der Waals surface area contributed by atoms with Gasteiger partial charge in [0.2, 0.25) is 0 Å². The van der Waals surface area contributed by atoms with Gasteiger partial charge in [0.05, 0.1) is 6.21 Å². The summed E-state index contributed by atoms with van der Waals surface area (Å²) in [4.78, 5) is 15.7. The van der Waals surface area contributed by atoms with E-state index in [0.29, 0.717) is 11.4 Å². The highest BCUT2D eigenvalue weighted by molar-refractivity contribution is 7.91. The fourth-order valence-corrected chi connectivity index (χ4v) is 1.80. The smallest absolute Gasteiger partial charge is 0.413 e. The largest absolute Gasteiger partial charge is 0.591 e. The second-order valence-electron chi connectivity index (χ2n) is 6.70. The van der Waals surface area contributed by atoms with Gasteiger partial charge in [-0.15, -0.1) is 0 Å². The van der Waals surface area contributed by atoms with Crippen LogP contribution in [0.15, 0.2) is 22.7 Å². The van der Waals surface area contributed by atoms with Crippen LogP contribution in [0.2, 0.25) is 0 Å². The van der Waals surface area contributed by atoms with Crippen molar-refractivity contribution in [3.63, 3.8) is 0 Å². The number of hydrogen-bond donors (Lipinski definition) is 1. The van der Waals surface area contributed by atoms with Gasteiger partial charge in [-0.3, -0.25) is 5.32 Å². The molecule has 1 rings (SSSR count). The minimum absolute atomic E-state index is 0.347. The second-order valence-corrected chi connectivity index (χ2v) is 8.63. The number of nitrogens with one attached hydrogen (secondary N) is 1. The lowest BCUT2D eigenvalue weighted by atomic mass is 10.2. The van der Waals surface area contributed by atoms with E-state index in [2.05, 4.69) is 14.7 Å². The van der Waals surface area contributed by atoms with Crippen molar-refractivity contribution in [2.45, 2.75) is 51.9 Å². The van der Waals surface area contributed by atoms with Gasteiger partial charge < -0.3 is 9.29 Å². The molecule has 1 atom stereocenters. The molecule has 0 aliphatic heterocycles. The number of hydrogen-bond acceptors (Lipinski definition) is 5. The maximum absolute atomic E-state index is 11.9. The molecule has 1 unspecified atom stereocenters. The van der Waals surface area contributed by atoms with E-state index in [1.807, 2.05) is 20.8 Å². The van der Waals surface area contributed by atoms with E-state index in [1.54, 1.807) is 32.9 Å². The molecule has 7 heteroatoms. The summed E-state index contributed by atoms with van der Waals surface area (Å²) in [6.45, 7) is 10.9. The summed E-state index contributed by atoms with van der Waals surface area (Å²) in [5, 5.41) is 2.55. The number of ether oxygens (including phenoxy) is 1. The third-order valence-electron chi connectivity index (χ3n) is 2.23. The lowest BCUT2D eigenvalue weighted by Gasteiger charge is -2.19. The molecule has 0 aliphatic rings. The Morgan fingerprint density at radius 1 is 1.36 bits per heavy atom. The third-order valence-corrected chi connectivity index (χ3v) is 3.58. The van der Waals surface area contributed by atoms with Gasteiger partial charge in [-0.1, -0.05) is 4.40 Å². The van der Waals surface area contributed by atoms with Gasteiger partial charge >= 0.3 is 6.09 Å². The number of carbonyl (C=O) groups is 1. The Hall–Kier alpha value is -1.60. The Labute approximate surface area is 134 Å². The van der Waals surface area contributed by atoms with Gasteiger partial charge in [-0.05, 0) is 53.7 Å². The predicted molar refractivity (Wildman–Crippen MR) is 89.6 cm³/mol. The summed E-state index contributed by atoms with van der Waals surface area (Å²) in [6.07, 6.45) is 2.46. The standard InChI is InChI=1S/C15H23N3O3S/c1-14(2,3)21-13(19)18-12-9-11(7-8-16-12)10-17-22(20)15(4,5)6/h7-10H,1-6H3,(H,16,18,19)/b17-10-. The average Bonchev–Trinajstić information content (AvgIpc) is 2.32. The first kappa shape index (κ1) is 18.4. The highest BCUT2D eigenvalue weighted by Crippen LogP contribution is 2.17. The molecule has 0 spiro atoms. The second kappa shape index (κ2) is 7.11. The van der Waals surface area contributed by atoms with E-state index in [-0.39, 0.29) is 0 Å². The molecule has 0 saturated heterocycles. The fraction of sp³-hybridized carbons (Fsp3) is 0.533. The van der Waals surface area contributed by atoms with Crippen molar-refractivity contribution in [3.05, 3.63) is 23.9 Å².